The summed E-state index contributed by atoms with van der Waals surface area (Å²) in [7, 11) is 0. The van der Waals surface area contributed by atoms with Crippen molar-refractivity contribution in [3.8, 4) is 6.07 Å². The van der Waals surface area contributed by atoms with E-state index < -0.39 is 0 Å². The summed E-state index contributed by atoms with van der Waals surface area (Å²) in [5.74, 6) is 0. The van der Waals surface area contributed by atoms with Crippen molar-refractivity contribution in [2.45, 2.75) is 19.8 Å². The third kappa shape index (κ3) is 1.35. The fourth-order valence-electron chi connectivity index (χ4n) is 0.814. The summed E-state index contributed by atoms with van der Waals surface area (Å²) in [6, 6.07) is 2.08. The Morgan fingerprint density at radius 2 is 2.60 bits per heavy atom. The maximum atomic E-state index is 8.27. The van der Waals surface area contributed by atoms with Crippen LogP contribution < -0.4 is 0 Å². The van der Waals surface area contributed by atoms with E-state index >= 15 is 0 Å². The number of hydrogen-bond acceptors (Lipinski definition) is 2. The fourth-order valence-corrected chi connectivity index (χ4v) is 0.814. The Bertz CT molecular complexity index is 244. The highest BCUT2D eigenvalue weighted by Crippen LogP contribution is 2.02. The lowest BCUT2D eigenvalue weighted by molar-refractivity contribution is 0.952. The molecule has 10 heavy (non-hydrogen) atoms. The summed E-state index contributed by atoms with van der Waals surface area (Å²) in [6.07, 6.45) is 2.96. The van der Waals surface area contributed by atoms with E-state index in [0.717, 1.165) is 17.8 Å². The first-order valence-electron chi connectivity index (χ1n) is 3.20. The smallest absolute Gasteiger partial charge is 0.0925 e. The molecule has 52 valence electrons. The summed E-state index contributed by atoms with van der Waals surface area (Å²) in [5, 5.41) is 8.27. The van der Waals surface area contributed by atoms with Gasteiger partial charge in [-0.2, -0.15) is 5.26 Å². The van der Waals surface area contributed by atoms with Crippen molar-refractivity contribution < 1.29 is 0 Å². The number of hydrogen-bond donors (Lipinski definition) is 1. The van der Waals surface area contributed by atoms with Crippen LogP contribution in [0.3, 0.4) is 0 Å². The Hall–Kier alpha value is -1.30. The van der Waals surface area contributed by atoms with E-state index in [4.69, 9.17) is 5.26 Å². The number of imidazole rings is 1. The number of nitriles is 1. The molecular formula is C7H9N3. The molecule has 0 aliphatic heterocycles. The molecule has 0 aliphatic rings. The van der Waals surface area contributed by atoms with E-state index in [2.05, 4.69) is 16.0 Å². The lowest BCUT2D eigenvalue weighted by Gasteiger charge is -1.89. The number of rotatable bonds is 2. The summed E-state index contributed by atoms with van der Waals surface area (Å²) < 4.78 is 0. The molecule has 3 heteroatoms. The van der Waals surface area contributed by atoms with Gasteiger partial charge in [-0.25, -0.2) is 4.98 Å². The number of H-pyrrole nitrogens is 1. The molecule has 1 heterocycles. The van der Waals surface area contributed by atoms with E-state index in [0.29, 0.717) is 6.42 Å². The summed E-state index contributed by atoms with van der Waals surface area (Å²) in [5.41, 5.74) is 2.07. The van der Waals surface area contributed by atoms with E-state index in [1.807, 2.05) is 6.92 Å². The van der Waals surface area contributed by atoms with Crippen LogP contribution in [0.5, 0.6) is 0 Å². The first-order chi connectivity index (χ1) is 4.84. The van der Waals surface area contributed by atoms with Gasteiger partial charge < -0.3 is 4.98 Å². The average Bonchev–Trinajstić information content (AvgIpc) is 2.31. The van der Waals surface area contributed by atoms with E-state index in [1.54, 1.807) is 6.33 Å². The van der Waals surface area contributed by atoms with Crippen molar-refractivity contribution in [1.29, 1.82) is 5.26 Å². The second kappa shape index (κ2) is 3.02. The highest BCUT2D eigenvalue weighted by Gasteiger charge is 1.97. The molecule has 0 bridgehead atoms. The van der Waals surface area contributed by atoms with Gasteiger partial charge in [0.1, 0.15) is 0 Å². The van der Waals surface area contributed by atoms with Crippen LogP contribution in [0, 0.1) is 18.3 Å². The molecule has 0 spiro atoms. The van der Waals surface area contributed by atoms with Crippen molar-refractivity contribution in [3.63, 3.8) is 0 Å². The SMILES string of the molecule is Cc1[nH]cnc1CCC#N. The van der Waals surface area contributed by atoms with Crippen LogP contribution in [-0.4, -0.2) is 9.97 Å². The standard InChI is InChI=1S/C7H9N3/c1-6-7(3-2-4-8)10-5-9-6/h5H,2-3H2,1H3,(H,9,10). The van der Waals surface area contributed by atoms with Gasteiger partial charge in [0, 0.05) is 18.5 Å². The molecule has 0 radical (unpaired) electrons. The number of aromatic nitrogens is 2. The lowest BCUT2D eigenvalue weighted by Crippen LogP contribution is -1.86. The molecule has 0 aromatic carbocycles. The first-order valence-corrected chi connectivity index (χ1v) is 3.20. The van der Waals surface area contributed by atoms with Gasteiger partial charge in [-0.1, -0.05) is 0 Å². The zero-order valence-electron chi connectivity index (χ0n) is 5.89. The topological polar surface area (TPSA) is 52.5 Å². The summed E-state index contributed by atoms with van der Waals surface area (Å²) in [4.78, 5) is 7.00. The third-order valence-electron chi connectivity index (χ3n) is 1.41. The number of nitrogens with zero attached hydrogens (tertiary/aromatic N) is 2. The van der Waals surface area contributed by atoms with Crippen LogP contribution in [0.4, 0.5) is 0 Å². The maximum absolute atomic E-state index is 8.27. The first kappa shape index (κ1) is 6.81. The van der Waals surface area contributed by atoms with Crippen LogP contribution >= 0.6 is 0 Å². The van der Waals surface area contributed by atoms with Gasteiger partial charge in [0.15, 0.2) is 0 Å². The van der Waals surface area contributed by atoms with Crippen molar-refractivity contribution in [2.75, 3.05) is 0 Å². The van der Waals surface area contributed by atoms with Crippen LogP contribution in [0.1, 0.15) is 17.8 Å². The van der Waals surface area contributed by atoms with Crippen molar-refractivity contribution in [1.82, 2.24) is 9.97 Å². The van der Waals surface area contributed by atoms with Gasteiger partial charge >= 0.3 is 0 Å². The molecule has 0 saturated carbocycles. The highest BCUT2D eigenvalue weighted by atomic mass is 14.9. The van der Waals surface area contributed by atoms with Gasteiger partial charge in [-0.15, -0.1) is 0 Å². The van der Waals surface area contributed by atoms with Crippen LogP contribution in [0.15, 0.2) is 6.33 Å². The third-order valence-corrected chi connectivity index (χ3v) is 1.41. The normalized spacial score (nSPS) is 9.20. The van der Waals surface area contributed by atoms with Crippen molar-refractivity contribution >= 4 is 0 Å². The Kier molecular flexibility index (Phi) is 2.06. The quantitative estimate of drug-likeness (QED) is 0.661. The second-order valence-corrected chi connectivity index (χ2v) is 2.13. The second-order valence-electron chi connectivity index (χ2n) is 2.13. The molecular weight excluding hydrogens is 126 g/mol. The van der Waals surface area contributed by atoms with Gasteiger partial charge in [0.25, 0.3) is 0 Å². The molecule has 1 aromatic heterocycles. The molecule has 3 nitrogen and oxygen atoms in total. The molecule has 1 N–H and O–H groups in total. The Labute approximate surface area is 59.7 Å². The summed E-state index contributed by atoms with van der Waals surface area (Å²) in [6.45, 7) is 1.96. The molecule has 0 aliphatic carbocycles. The zero-order chi connectivity index (χ0) is 7.40. The van der Waals surface area contributed by atoms with E-state index in [9.17, 15) is 0 Å². The van der Waals surface area contributed by atoms with Gasteiger partial charge in [0.05, 0.1) is 18.1 Å². The van der Waals surface area contributed by atoms with E-state index in [-0.39, 0.29) is 0 Å². The zero-order valence-corrected chi connectivity index (χ0v) is 5.89. The van der Waals surface area contributed by atoms with Crippen LogP contribution in [0.25, 0.3) is 0 Å². The number of aryl methyl sites for hydroxylation is 2. The van der Waals surface area contributed by atoms with Crippen LogP contribution in [-0.2, 0) is 6.42 Å². The molecule has 1 aromatic rings. The fraction of sp³-hybridized carbons (Fsp3) is 0.429. The molecule has 0 atom stereocenters. The molecule has 0 fully saturated rings. The minimum atomic E-state index is 0.547. The Morgan fingerprint density at radius 1 is 1.80 bits per heavy atom. The average molecular weight is 135 g/mol. The predicted octanol–water partition coefficient (Wildman–Crippen LogP) is 1.17. The Morgan fingerprint density at radius 3 is 3.10 bits per heavy atom. The van der Waals surface area contributed by atoms with Crippen LogP contribution in [0.2, 0.25) is 0 Å². The van der Waals surface area contributed by atoms with Gasteiger partial charge in [-0.05, 0) is 6.92 Å². The van der Waals surface area contributed by atoms with Crippen molar-refractivity contribution in [2.24, 2.45) is 0 Å². The molecule has 0 amide bonds. The summed E-state index contributed by atoms with van der Waals surface area (Å²) >= 11 is 0. The number of nitrogens with one attached hydrogen (secondary N) is 1. The molecule has 0 unspecified atom stereocenters. The van der Waals surface area contributed by atoms with E-state index in [1.165, 1.54) is 0 Å². The van der Waals surface area contributed by atoms with Crippen molar-refractivity contribution in [3.05, 3.63) is 17.7 Å². The molecule has 1 rings (SSSR count). The maximum Gasteiger partial charge on any atom is 0.0925 e. The predicted molar refractivity (Wildman–Crippen MR) is 37.3 cm³/mol. The minimum Gasteiger partial charge on any atom is -0.348 e. The van der Waals surface area contributed by atoms with Gasteiger partial charge in [-0.3, -0.25) is 0 Å². The van der Waals surface area contributed by atoms with Gasteiger partial charge in [0.2, 0.25) is 0 Å². The minimum absolute atomic E-state index is 0.547. The monoisotopic (exact) mass is 135 g/mol. The highest BCUT2D eigenvalue weighted by molar-refractivity contribution is 5.09. The number of aromatic amines is 1. The lowest BCUT2D eigenvalue weighted by atomic mass is 10.2. The Balaban J connectivity index is 2.59. The largest absolute Gasteiger partial charge is 0.348 e. The molecule has 0 saturated heterocycles.